The Balaban J connectivity index is 1.30. The first kappa shape index (κ1) is 30.0. The van der Waals surface area contributed by atoms with Crippen LogP contribution in [0.4, 0.5) is 0 Å². The van der Waals surface area contributed by atoms with Gasteiger partial charge in [0.1, 0.15) is 5.75 Å². The monoisotopic (exact) mass is 645 g/mol. The van der Waals surface area contributed by atoms with Crippen LogP contribution in [0, 0.1) is 5.41 Å². The smallest absolute Gasteiger partial charge is 0.264 e. The maximum Gasteiger partial charge on any atom is 0.264 e. The fourth-order valence-corrected chi connectivity index (χ4v) is 9.88. The van der Waals surface area contributed by atoms with Crippen molar-refractivity contribution in [3.05, 3.63) is 53.1 Å². The molecule has 2 aliphatic heterocycles. The number of fused-ring (bicyclic) bond motifs is 7. The molecule has 4 fully saturated rings. The van der Waals surface area contributed by atoms with E-state index in [-0.39, 0.29) is 11.8 Å². The molecule has 5 aliphatic rings. The Morgan fingerprint density at radius 3 is 2.43 bits per heavy atom. The van der Waals surface area contributed by atoms with Crippen LogP contribution < -0.4 is 9.46 Å². The number of benzene rings is 2. The standard InChI is InChI=1S/C36H43N3O6S/c1-35(42)14-16-38(17-15-35)34(41)36-20-29(36)28-19-24(45-2)9-13-26(28)32-31(22-6-4-3-5-7-22)27-12-8-23(18-30(27)39(32)21-36)33(40)37-46(43,44)25-10-11-25/h8-9,12-13,18-19,22,25,29,42H,3-7,10-11,14-17,20-21H2,1-2H3,(H,37,40)/t29-,36?/m0/s1. The van der Waals surface area contributed by atoms with Gasteiger partial charge in [-0.2, -0.15) is 0 Å². The summed E-state index contributed by atoms with van der Waals surface area (Å²) in [6.07, 6.45) is 8.69. The van der Waals surface area contributed by atoms with Gasteiger partial charge in [0.05, 0.1) is 29.1 Å². The number of carbonyl (C=O) groups is 2. The Hall–Kier alpha value is -3.37. The quantitative estimate of drug-likeness (QED) is 0.368. The number of carbonyl (C=O) groups excluding carboxylic acids is 2. The second kappa shape index (κ2) is 10.6. The van der Waals surface area contributed by atoms with Crippen molar-refractivity contribution in [2.24, 2.45) is 5.41 Å². The summed E-state index contributed by atoms with van der Waals surface area (Å²) >= 11 is 0. The van der Waals surface area contributed by atoms with E-state index in [9.17, 15) is 23.1 Å². The lowest BCUT2D eigenvalue weighted by atomic mass is 9.81. The zero-order chi connectivity index (χ0) is 32.0. The van der Waals surface area contributed by atoms with Crippen LogP contribution in [0.2, 0.25) is 0 Å². The van der Waals surface area contributed by atoms with Gasteiger partial charge in [-0.1, -0.05) is 25.3 Å². The zero-order valence-electron chi connectivity index (χ0n) is 26.7. The van der Waals surface area contributed by atoms with Gasteiger partial charge in [-0.3, -0.25) is 9.59 Å². The lowest BCUT2D eigenvalue weighted by Crippen LogP contribution is -2.48. The molecule has 3 heterocycles. The molecule has 1 aromatic heterocycles. The highest BCUT2D eigenvalue weighted by atomic mass is 32.2. The van der Waals surface area contributed by atoms with Crippen molar-refractivity contribution >= 4 is 32.7 Å². The number of rotatable bonds is 6. The van der Waals surface area contributed by atoms with Gasteiger partial charge in [0.25, 0.3) is 5.91 Å². The molecule has 2 amide bonds. The van der Waals surface area contributed by atoms with Gasteiger partial charge in [0.2, 0.25) is 15.9 Å². The highest BCUT2D eigenvalue weighted by Gasteiger charge is 2.64. The van der Waals surface area contributed by atoms with Crippen LogP contribution in [0.3, 0.4) is 0 Å². The van der Waals surface area contributed by atoms with Gasteiger partial charge in [-0.25, -0.2) is 13.1 Å². The van der Waals surface area contributed by atoms with Gasteiger partial charge in [0, 0.05) is 47.6 Å². The Bertz CT molecular complexity index is 1860. The van der Waals surface area contributed by atoms with Crippen molar-refractivity contribution in [1.82, 2.24) is 14.2 Å². The summed E-state index contributed by atoms with van der Waals surface area (Å²) in [7, 11) is -2.03. The summed E-state index contributed by atoms with van der Waals surface area (Å²) in [4.78, 5) is 29.9. The number of hydrogen-bond acceptors (Lipinski definition) is 6. The number of likely N-dealkylation sites (tertiary alicyclic amines) is 1. The Morgan fingerprint density at radius 1 is 1.00 bits per heavy atom. The maximum absolute atomic E-state index is 14.6. The number of methoxy groups -OCH3 is 1. The van der Waals surface area contributed by atoms with E-state index in [0.717, 1.165) is 65.6 Å². The van der Waals surface area contributed by atoms with Crippen LogP contribution in [0.1, 0.15) is 104 Å². The fraction of sp³-hybridized carbons (Fsp3) is 0.556. The van der Waals surface area contributed by atoms with Crippen LogP contribution in [0.25, 0.3) is 22.2 Å². The molecule has 244 valence electrons. The van der Waals surface area contributed by atoms with Gasteiger partial charge < -0.3 is 19.3 Å². The van der Waals surface area contributed by atoms with Gasteiger partial charge in [0.15, 0.2) is 0 Å². The molecular weight excluding hydrogens is 602 g/mol. The van der Waals surface area contributed by atoms with E-state index in [4.69, 9.17) is 4.74 Å². The Morgan fingerprint density at radius 2 is 1.74 bits per heavy atom. The van der Waals surface area contributed by atoms with Gasteiger partial charge >= 0.3 is 0 Å². The lowest BCUT2D eigenvalue weighted by molar-refractivity contribution is -0.141. The van der Waals surface area contributed by atoms with Crippen molar-refractivity contribution in [3.63, 3.8) is 0 Å². The summed E-state index contributed by atoms with van der Waals surface area (Å²) in [5, 5.41) is 11.2. The molecule has 0 radical (unpaired) electrons. The predicted molar refractivity (Wildman–Crippen MR) is 175 cm³/mol. The molecule has 9 nitrogen and oxygen atoms in total. The van der Waals surface area contributed by atoms with Crippen LogP contribution in [-0.4, -0.2) is 65.9 Å². The topological polar surface area (TPSA) is 118 Å². The highest BCUT2D eigenvalue weighted by molar-refractivity contribution is 7.91. The van der Waals surface area contributed by atoms with E-state index in [1.807, 2.05) is 30.0 Å². The normalized spacial score (nSPS) is 25.6. The molecule has 2 N–H and O–H groups in total. The lowest BCUT2D eigenvalue weighted by Gasteiger charge is -2.38. The van der Waals surface area contributed by atoms with Crippen LogP contribution >= 0.6 is 0 Å². The van der Waals surface area contributed by atoms with Crippen molar-refractivity contribution in [3.8, 4) is 17.0 Å². The second-order valence-corrected chi connectivity index (χ2v) is 16.7. The third kappa shape index (κ3) is 4.86. The van der Waals surface area contributed by atoms with Crippen LogP contribution in [0.15, 0.2) is 36.4 Å². The maximum atomic E-state index is 14.6. The second-order valence-electron chi connectivity index (χ2n) is 14.7. The fourth-order valence-electron chi connectivity index (χ4n) is 8.58. The molecule has 0 spiro atoms. The Labute approximate surface area is 270 Å². The van der Waals surface area contributed by atoms with Crippen molar-refractivity contribution in [1.29, 1.82) is 0 Å². The SMILES string of the molecule is COc1ccc2c(c1)[C@@H]1CC1(C(=O)N1CCC(C)(O)CC1)Cn1c-2c(C2CCCCC2)c2ccc(C(=O)NS(=O)(=O)C3CC3)cc21. The number of ether oxygens (including phenoxy) is 1. The molecule has 46 heavy (non-hydrogen) atoms. The number of aliphatic hydroxyl groups is 1. The number of amides is 2. The molecule has 2 aromatic carbocycles. The first-order valence-corrected chi connectivity index (χ1v) is 18.5. The summed E-state index contributed by atoms with van der Waals surface area (Å²) in [6, 6.07) is 11.8. The molecule has 1 saturated heterocycles. The van der Waals surface area contributed by atoms with E-state index in [1.54, 1.807) is 13.2 Å². The van der Waals surface area contributed by atoms with E-state index >= 15 is 0 Å². The zero-order valence-corrected chi connectivity index (χ0v) is 27.5. The minimum Gasteiger partial charge on any atom is -0.497 e. The summed E-state index contributed by atoms with van der Waals surface area (Å²) in [5.41, 5.74) is 4.39. The number of nitrogens with zero attached hydrogens (tertiary/aromatic N) is 2. The molecule has 8 rings (SSSR count). The van der Waals surface area contributed by atoms with E-state index in [1.165, 1.54) is 12.0 Å². The first-order valence-electron chi connectivity index (χ1n) is 16.9. The minimum atomic E-state index is -3.70. The number of sulfonamides is 1. The van der Waals surface area contributed by atoms with Crippen LogP contribution in [0.5, 0.6) is 5.75 Å². The number of piperidine rings is 1. The summed E-state index contributed by atoms with van der Waals surface area (Å²) in [6.45, 7) is 3.37. The molecule has 10 heteroatoms. The Kier molecular flexibility index (Phi) is 6.89. The third-order valence-corrected chi connectivity index (χ3v) is 13.4. The molecular formula is C36H43N3O6S. The molecule has 3 aromatic rings. The van der Waals surface area contributed by atoms with Crippen molar-refractivity contribution in [2.45, 2.75) is 100 Å². The number of aromatic nitrogens is 1. The number of hydrogen-bond donors (Lipinski definition) is 2. The molecule has 2 atom stereocenters. The number of nitrogens with one attached hydrogen (secondary N) is 1. The average molecular weight is 646 g/mol. The largest absolute Gasteiger partial charge is 0.497 e. The van der Waals surface area contributed by atoms with E-state index in [0.29, 0.717) is 56.8 Å². The molecule has 3 aliphatic carbocycles. The van der Waals surface area contributed by atoms with Gasteiger partial charge in [-0.05, 0) is 99.2 Å². The first-order chi connectivity index (χ1) is 22.0. The average Bonchev–Trinajstić information content (AvgIpc) is 3.97. The molecule has 1 unspecified atom stereocenters. The third-order valence-electron chi connectivity index (χ3n) is 11.5. The van der Waals surface area contributed by atoms with E-state index in [2.05, 4.69) is 21.4 Å². The van der Waals surface area contributed by atoms with Crippen molar-refractivity contribution < 1.29 is 27.9 Å². The summed E-state index contributed by atoms with van der Waals surface area (Å²) in [5.74, 6) is 0.651. The van der Waals surface area contributed by atoms with Crippen molar-refractivity contribution in [2.75, 3.05) is 20.2 Å². The predicted octanol–water partition coefficient (Wildman–Crippen LogP) is 5.45. The minimum absolute atomic E-state index is 0.0249. The highest BCUT2D eigenvalue weighted by Crippen LogP contribution is 2.66. The van der Waals surface area contributed by atoms with Crippen LogP contribution in [-0.2, 0) is 21.4 Å². The molecule has 0 bridgehead atoms. The summed E-state index contributed by atoms with van der Waals surface area (Å²) < 4.78 is 35.6. The molecule has 3 saturated carbocycles. The van der Waals surface area contributed by atoms with E-state index < -0.39 is 32.2 Å². The van der Waals surface area contributed by atoms with Gasteiger partial charge in [-0.15, -0.1) is 0 Å².